The Balaban J connectivity index is 1.93. The molecule has 3 nitrogen and oxygen atoms in total. The molecule has 0 radical (unpaired) electrons. The van der Waals surface area contributed by atoms with E-state index in [0.29, 0.717) is 6.61 Å². The van der Waals surface area contributed by atoms with Crippen molar-refractivity contribution < 1.29 is 9.47 Å². The van der Waals surface area contributed by atoms with Gasteiger partial charge in [0.05, 0.1) is 7.11 Å². The molecule has 0 atom stereocenters. The van der Waals surface area contributed by atoms with E-state index in [-0.39, 0.29) is 0 Å². The zero-order chi connectivity index (χ0) is 22.8. The van der Waals surface area contributed by atoms with E-state index in [9.17, 15) is 0 Å². The minimum Gasteiger partial charge on any atom is -0.497 e. The van der Waals surface area contributed by atoms with Crippen LogP contribution in [-0.2, 0) is 0 Å². The SMILES string of the molecule is CCC(=C(c1ccccc1)c1ccc(OCCN(CC)CC)cc1)c1ccc(OC)cc1. The second-order valence-electron chi connectivity index (χ2n) is 7.70. The molecular formula is C29H35NO2. The molecule has 0 heterocycles. The Morgan fingerprint density at radius 1 is 0.688 bits per heavy atom. The molecule has 0 saturated carbocycles. The Bertz CT molecular complexity index is 972. The van der Waals surface area contributed by atoms with Crippen LogP contribution in [0.4, 0.5) is 0 Å². The predicted molar refractivity (Wildman–Crippen MR) is 135 cm³/mol. The molecule has 0 spiro atoms. The Morgan fingerprint density at radius 2 is 1.25 bits per heavy atom. The van der Waals surface area contributed by atoms with Gasteiger partial charge in [0, 0.05) is 6.54 Å². The maximum absolute atomic E-state index is 6.01. The highest BCUT2D eigenvalue weighted by Crippen LogP contribution is 2.35. The number of nitrogens with zero attached hydrogens (tertiary/aromatic N) is 1. The molecule has 0 amide bonds. The lowest BCUT2D eigenvalue weighted by Crippen LogP contribution is -2.27. The van der Waals surface area contributed by atoms with Crippen molar-refractivity contribution in [3.05, 3.63) is 95.6 Å². The summed E-state index contributed by atoms with van der Waals surface area (Å²) >= 11 is 0. The van der Waals surface area contributed by atoms with Gasteiger partial charge in [-0.2, -0.15) is 0 Å². The molecule has 0 aliphatic heterocycles. The third kappa shape index (κ3) is 6.02. The van der Waals surface area contributed by atoms with Crippen LogP contribution >= 0.6 is 0 Å². The summed E-state index contributed by atoms with van der Waals surface area (Å²) in [5, 5.41) is 0. The topological polar surface area (TPSA) is 21.7 Å². The maximum atomic E-state index is 6.01. The van der Waals surface area contributed by atoms with Crippen LogP contribution in [0.3, 0.4) is 0 Å². The van der Waals surface area contributed by atoms with Crippen molar-refractivity contribution in [2.24, 2.45) is 0 Å². The molecule has 0 aliphatic rings. The minimum absolute atomic E-state index is 0.703. The van der Waals surface area contributed by atoms with Crippen molar-refractivity contribution in [1.82, 2.24) is 4.90 Å². The second-order valence-corrected chi connectivity index (χ2v) is 7.70. The summed E-state index contributed by atoms with van der Waals surface area (Å²) in [7, 11) is 1.70. The summed E-state index contributed by atoms with van der Waals surface area (Å²) in [5.74, 6) is 1.78. The summed E-state index contributed by atoms with van der Waals surface area (Å²) in [4.78, 5) is 2.37. The average molecular weight is 430 g/mol. The van der Waals surface area contributed by atoms with Crippen LogP contribution in [0, 0.1) is 0 Å². The fourth-order valence-corrected chi connectivity index (χ4v) is 3.99. The molecule has 0 saturated heterocycles. The van der Waals surface area contributed by atoms with Crippen molar-refractivity contribution in [2.75, 3.05) is 33.4 Å². The lowest BCUT2D eigenvalue weighted by Gasteiger charge is -2.19. The van der Waals surface area contributed by atoms with Gasteiger partial charge in [-0.1, -0.05) is 75.4 Å². The highest BCUT2D eigenvalue weighted by atomic mass is 16.5. The summed E-state index contributed by atoms with van der Waals surface area (Å²) < 4.78 is 11.4. The van der Waals surface area contributed by atoms with Crippen LogP contribution in [0.15, 0.2) is 78.9 Å². The molecule has 0 unspecified atom stereocenters. The molecule has 0 bridgehead atoms. The summed E-state index contributed by atoms with van der Waals surface area (Å²) in [5.41, 5.74) is 6.20. The molecule has 0 aliphatic carbocycles. The van der Waals surface area contributed by atoms with Crippen molar-refractivity contribution in [2.45, 2.75) is 27.2 Å². The Hall–Kier alpha value is -3.04. The van der Waals surface area contributed by atoms with Crippen LogP contribution < -0.4 is 9.47 Å². The number of hydrogen-bond acceptors (Lipinski definition) is 3. The molecule has 3 aromatic carbocycles. The first-order chi connectivity index (χ1) is 15.7. The van der Waals surface area contributed by atoms with E-state index < -0.39 is 0 Å². The molecule has 32 heavy (non-hydrogen) atoms. The van der Waals surface area contributed by atoms with Gasteiger partial charge in [-0.15, -0.1) is 0 Å². The Labute approximate surface area is 193 Å². The van der Waals surface area contributed by atoms with Crippen LogP contribution in [0.2, 0.25) is 0 Å². The van der Waals surface area contributed by atoms with Crippen molar-refractivity contribution in [3.63, 3.8) is 0 Å². The third-order valence-corrected chi connectivity index (χ3v) is 5.87. The van der Waals surface area contributed by atoms with Gasteiger partial charge in [0.15, 0.2) is 0 Å². The highest BCUT2D eigenvalue weighted by Gasteiger charge is 2.13. The van der Waals surface area contributed by atoms with Crippen molar-refractivity contribution in [1.29, 1.82) is 0 Å². The number of ether oxygens (including phenoxy) is 2. The fraction of sp³-hybridized carbons (Fsp3) is 0.310. The summed E-state index contributed by atoms with van der Waals surface area (Å²) in [6.07, 6.45) is 0.929. The fourth-order valence-electron chi connectivity index (χ4n) is 3.99. The van der Waals surface area contributed by atoms with Gasteiger partial charge in [-0.25, -0.2) is 0 Å². The van der Waals surface area contributed by atoms with Crippen LogP contribution in [-0.4, -0.2) is 38.3 Å². The van der Waals surface area contributed by atoms with Gasteiger partial charge >= 0.3 is 0 Å². The quantitative estimate of drug-likeness (QED) is 0.313. The van der Waals surface area contributed by atoms with Gasteiger partial charge in [-0.05, 0) is 71.6 Å². The van der Waals surface area contributed by atoms with Crippen LogP contribution in [0.25, 0.3) is 11.1 Å². The van der Waals surface area contributed by atoms with Crippen LogP contribution in [0.1, 0.15) is 43.9 Å². The number of benzene rings is 3. The highest BCUT2D eigenvalue weighted by molar-refractivity contribution is 5.98. The van der Waals surface area contributed by atoms with E-state index >= 15 is 0 Å². The second kappa shape index (κ2) is 12.1. The Morgan fingerprint density at radius 3 is 1.81 bits per heavy atom. The van der Waals surface area contributed by atoms with E-state index in [0.717, 1.165) is 37.6 Å². The molecular weight excluding hydrogens is 394 g/mol. The van der Waals surface area contributed by atoms with Gasteiger partial charge in [0.2, 0.25) is 0 Å². The number of rotatable bonds is 11. The smallest absolute Gasteiger partial charge is 0.119 e. The van der Waals surface area contributed by atoms with Gasteiger partial charge in [0.25, 0.3) is 0 Å². The molecule has 3 aromatic rings. The van der Waals surface area contributed by atoms with E-state index in [1.165, 1.54) is 27.8 Å². The average Bonchev–Trinajstić information content (AvgIpc) is 2.86. The molecule has 3 heteroatoms. The van der Waals surface area contributed by atoms with E-state index in [2.05, 4.69) is 92.4 Å². The molecule has 3 rings (SSSR count). The minimum atomic E-state index is 0.703. The lowest BCUT2D eigenvalue weighted by molar-refractivity contribution is 0.223. The van der Waals surface area contributed by atoms with Crippen LogP contribution in [0.5, 0.6) is 11.5 Å². The van der Waals surface area contributed by atoms with E-state index in [4.69, 9.17) is 9.47 Å². The molecule has 0 N–H and O–H groups in total. The van der Waals surface area contributed by atoms with Gasteiger partial charge < -0.3 is 14.4 Å². The first-order valence-electron chi connectivity index (χ1n) is 11.6. The van der Waals surface area contributed by atoms with Crippen molar-refractivity contribution in [3.8, 4) is 11.5 Å². The standard InChI is InChI=1S/C29H35NO2/c1-5-28(23-13-17-26(31-4)18-14-23)29(24-11-9-8-10-12-24)25-15-19-27(20-16-25)32-22-21-30(6-2)7-3/h8-20H,5-7,21-22H2,1-4H3. The number of methoxy groups -OCH3 is 1. The zero-order valence-corrected chi connectivity index (χ0v) is 19.8. The summed E-state index contributed by atoms with van der Waals surface area (Å²) in [6.45, 7) is 10.3. The molecule has 0 aromatic heterocycles. The predicted octanol–water partition coefficient (Wildman–Crippen LogP) is 6.78. The van der Waals surface area contributed by atoms with E-state index in [1.54, 1.807) is 7.11 Å². The number of allylic oxidation sites excluding steroid dienone is 1. The molecule has 168 valence electrons. The Kier molecular flexibility index (Phi) is 8.94. The first-order valence-corrected chi connectivity index (χ1v) is 11.6. The third-order valence-electron chi connectivity index (χ3n) is 5.87. The van der Waals surface area contributed by atoms with Crippen molar-refractivity contribution >= 4 is 11.1 Å². The lowest BCUT2D eigenvalue weighted by atomic mass is 9.88. The monoisotopic (exact) mass is 429 g/mol. The first kappa shape index (κ1) is 23.6. The maximum Gasteiger partial charge on any atom is 0.119 e. The number of likely N-dealkylation sites (N-methyl/N-ethyl adjacent to an activating group) is 1. The summed E-state index contributed by atoms with van der Waals surface area (Å²) in [6, 6.07) is 27.5. The van der Waals surface area contributed by atoms with Gasteiger partial charge in [0.1, 0.15) is 18.1 Å². The van der Waals surface area contributed by atoms with E-state index in [1.807, 2.05) is 12.1 Å². The van der Waals surface area contributed by atoms with Gasteiger partial charge in [-0.3, -0.25) is 0 Å². The molecule has 0 fully saturated rings. The largest absolute Gasteiger partial charge is 0.497 e. The normalized spacial score (nSPS) is 11.9. The zero-order valence-electron chi connectivity index (χ0n) is 19.8. The number of hydrogen-bond donors (Lipinski definition) is 0.